The summed E-state index contributed by atoms with van der Waals surface area (Å²) >= 11 is 0. The second-order valence-electron chi connectivity index (χ2n) is 7.11. The smallest absolute Gasteiger partial charge is 0.220 e. The zero-order chi connectivity index (χ0) is 24.5. The number of carbonyl (C=O) groups excluding carboxylic acids is 1. The summed E-state index contributed by atoms with van der Waals surface area (Å²) in [5, 5.41) is 2.90. The Kier molecular flexibility index (Phi) is 5.08. The van der Waals surface area contributed by atoms with Gasteiger partial charge in [0.2, 0.25) is 17.1 Å². The fourth-order valence-electron chi connectivity index (χ4n) is 4.03. The maximum Gasteiger partial charge on any atom is 0.220 e. The van der Waals surface area contributed by atoms with Crippen molar-refractivity contribution in [2.24, 2.45) is 0 Å². The van der Waals surface area contributed by atoms with Crippen LogP contribution < -0.4 is 29.7 Å². The SMILES string of the molecule is [2H]C([2H])([2H])Oc1c(C)cc2c(cc1=O)[C@@H](NC(C)=O)CCc1cc(OC)c(OC)c(OC)c1-2. The van der Waals surface area contributed by atoms with Gasteiger partial charge in [-0.25, -0.2) is 0 Å². The fraction of sp³-hybridized carbons (Fsp3) is 0.391. The summed E-state index contributed by atoms with van der Waals surface area (Å²) in [4.78, 5) is 25.0. The van der Waals surface area contributed by atoms with Crippen LogP contribution in [-0.2, 0) is 11.2 Å². The molecule has 0 saturated carbocycles. The first kappa shape index (κ1) is 17.6. The third-order valence-electron chi connectivity index (χ3n) is 5.28. The molecule has 0 fully saturated rings. The number of aryl methyl sites for hydroxylation is 2. The van der Waals surface area contributed by atoms with Crippen LogP contribution in [0.25, 0.3) is 11.1 Å². The lowest BCUT2D eigenvalue weighted by Gasteiger charge is -2.19. The molecule has 0 saturated heterocycles. The molecule has 0 aromatic heterocycles. The first-order valence-corrected chi connectivity index (χ1v) is 9.47. The number of methoxy groups -OCH3 is 4. The van der Waals surface area contributed by atoms with Crippen molar-refractivity contribution >= 4 is 5.91 Å². The van der Waals surface area contributed by atoms with Gasteiger partial charge in [-0.05, 0) is 60.2 Å². The number of carbonyl (C=O) groups is 1. The molecule has 2 aromatic rings. The van der Waals surface area contributed by atoms with E-state index in [1.54, 1.807) is 13.0 Å². The molecule has 0 unspecified atom stereocenters. The highest BCUT2D eigenvalue weighted by molar-refractivity contribution is 5.83. The number of hydrogen-bond acceptors (Lipinski definition) is 6. The molecule has 30 heavy (non-hydrogen) atoms. The third-order valence-corrected chi connectivity index (χ3v) is 5.28. The van der Waals surface area contributed by atoms with E-state index in [2.05, 4.69) is 5.32 Å². The Labute approximate surface area is 180 Å². The topological polar surface area (TPSA) is 83.1 Å². The van der Waals surface area contributed by atoms with Gasteiger partial charge < -0.3 is 24.3 Å². The normalized spacial score (nSPS) is 16.6. The van der Waals surface area contributed by atoms with Crippen molar-refractivity contribution in [1.29, 1.82) is 0 Å². The number of nitrogens with one attached hydrogen (secondary N) is 1. The van der Waals surface area contributed by atoms with Gasteiger partial charge in [-0.1, -0.05) is 0 Å². The number of fused-ring (bicyclic) bond motifs is 3. The van der Waals surface area contributed by atoms with Crippen LogP contribution in [0.5, 0.6) is 23.0 Å². The number of ether oxygens (including phenoxy) is 4. The van der Waals surface area contributed by atoms with Gasteiger partial charge in [-0.2, -0.15) is 0 Å². The molecule has 0 heterocycles. The van der Waals surface area contributed by atoms with Crippen LogP contribution in [0, 0.1) is 6.92 Å². The lowest BCUT2D eigenvalue weighted by molar-refractivity contribution is -0.119. The van der Waals surface area contributed by atoms with Gasteiger partial charge in [0.1, 0.15) is 0 Å². The minimum Gasteiger partial charge on any atom is -0.493 e. The zero-order valence-electron chi connectivity index (χ0n) is 20.7. The van der Waals surface area contributed by atoms with Gasteiger partial charge in [0.05, 0.1) is 38.5 Å². The van der Waals surface area contributed by atoms with E-state index in [9.17, 15) is 9.59 Å². The largest absolute Gasteiger partial charge is 0.493 e. The summed E-state index contributed by atoms with van der Waals surface area (Å²) in [7, 11) is 1.74. The molecule has 0 bridgehead atoms. The summed E-state index contributed by atoms with van der Waals surface area (Å²) in [6.45, 7) is 3.01. The zero-order valence-corrected chi connectivity index (χ0v) is 17.7. The Bertz CT molecular complexity index is 1150. The minimum atomic E-state index is -2.79. The van der Waals surface area contributed by atoms with Crippen LogP contribution in [0.3, 0.4) is 0 Å². The maximum atomic E-state index is 13.1. The molecular formula is C23H27NO6. The van der Waals surface area contributed by atoms with Crippen molar-refractivity contribution in [2.75, 3.05) is 28.4 Å². The molecule has 1 N–H and O–H groups in total. The first-order valence-electron chi connectivity index (χ1n) is 11.0. The Hall–Kier alpha value is -3.22. The minimum absolute atomic E-state index is 0.256. The highest BCUT2D eigenvalue weighted by Gasteiger charge is 2.29. The molecule has 0 spiro atoms. The van der Waals surface area contributed by atoms with E-state index >= 15 is 0 Å². The Morgan fingerprint density at radius 1 is 1.07 bits per heavy atom. The van der Waals surface area contributed by atoms with Gasteiger partial charge in [-0.3, -0.25) is 9.59 Å². The number of benzene rings is 1. The van der Waals surface area contributed by atoms with Crippen LogP contribution in [-0.4, -0.2) is 34.3 Å². The van der Waals surface area contributed by atoms with E-state index in [0.29, 0.717) is 52.3 Å². The van der Waals surface area contributed by atoms with E-state index < -0.39 is 18.5 Å². The van der Waals surface area contributed by atoms with Crippen molar-refractivity contribution in [3.8, 4) is 34.1 Å². The highest BCUT2D eigenvalue weighted by Crippen LogP contribution is 2.50. The summed E-state index contributed by atoms with van der Waals surface area (Å²) < 4.78 is 44.1. The molecule has 3 rings (SSSR count). The molecule has 1 amide bonds. The predicted molar refractivity (Wildman–Crippen MR) is 114 cm³/mol. The van der Waals surface area contributed by atoms with E-state index in [4.69, 9.17) is 23.1 Å². The van der Waals surface area contributed by atoms with Crippen molar-refractivity contribution in [2.45, 2.75) is 32.7 Å². The van der Waals surface area contributed by atoms with Crippen LogP contribution in [0.2, 0.25) is 0 Å². The molecule has 2 aromatic carbocycles. The molecule has 7 nitrogen and oxygen atoms in total. The second kappa shape index (κ2) is 8.65. The predicted octanol–water partition coefficient (Wildman–Crippen LogP) is 3.18. The summed E-state index contributed by atoms with van der Waals surface area (Å²) in [6.07, 6.45) is 1.05. The lowest BCUT2D eigenvalue weighted by Crippen LogP contribution is -2.26. The maximum absolute atomic E-state index is 13.1. The molecule has 7 heteroatoms. The van der Waals surface area contributed by atoms with Crippen molar-refractivity contribution in [3.05, 3.63) is 45.1 Å². The van der Waals surface area contributed by atoms with Crippen molar-refractivity contribution < 1.29 is 27.9 Å². The highest BCUT2D eigenvalue weighted by atomic mass is 16.5. The fourth-order valence-corrected chi connectivity index (χ4v) is 4.03. The molecule has 1 aliphatic carbocycles. The second-order valence-corrected chi connectivity index (χ2v) is 7.11. The molecule has 1 aliphatic rings. The molecular weight excluding hydrogens is 386 g/mol. The Morgan fingerprint density at radius 3 is 2.40 bits per heavy atom. The van der Waals surface area contributed by atoms with E-state index in [1.165, 1.54) is 34.3 Å². The van der Waals surface area contributed by atoms with E-state index in [1.807, 2.05) is 6.07 Å². The monoisotopic (exact) mass is 416 g/mol. The number of rotatable bonds is 5. The summed E-state index contributed by atoms with van der Waals surface area (Å²) in [5.41, 5.74) is 2.43. The summed E-state index contributed by atoms with van der Waals surface area (Å²) in [5.74, 6) is 0.751. The molecule has 0 radical (unpaired) electrons. The van der Waals surface area contributed by atoms with E-state index in [-0.39, 0.29) is 11.7 Å². The summed E-state index contributed by atoms with van der Waals surface area (Å²) in [6, 6.07) is 4.36. The van der Waals surface area contributed by atoms with Crippen molar-refractivity contribution in [1.82, 2.24) is 5.32 Å². The molecule has 160 valence electrons. The number of amides is 1. The number of hydrogen-bond donors (Lipinski definition) is 1. The van der Waals surface area contributed by atoms with Crippen LogP contribution in [0.4, 0.5) is 0 Å². The van der Waals surface area contributed by atoms with Crippen LogP contribution >= 0.6 is 0 Å². The van der Waals surface area contributed by atoms with Crippen LogP contribution in [0.1, 0.15) is 40.2 Å². The first-order chi connectivity index (χ1) is 15.5. The Morgan fingerprint density at radius 2 is 1.80 bits per heavy atom. The van der Waals surface area contributed by atoms with Crippen LogP contribution in [0.15, 0.2) is 23.0 Å². The molecule has 1 atom stereocenters. The average molecular weight is 416 g/mol. The average Bonchev–Trinajstić information content (AvgIpc) is 2.94. The van der Waals surface area contributed by atoms with Gasteiger partial charge in [-0.15, -0.1) is 0 Å². The standard InChI is InChI=1S/C23H27NO6/c1-12-9-16-15(11-18(26)21(12)28-4)17(24-13(2)25)8-7-14-10-19(27-3)22(29-5)23(30-6)20(14)16/h9-11,17H,7-8H2,1-6H3,(H,24,25)/t17-/m0/s1/i4D3. The van der Waals surface area contributed by atoms with E-state index in [0.717, 1.165) is 5.56 Å². The van der Waals surface area contributed by atoms with Gasteiger partial charge in [0.25, 0.3) is 0 Å². The lowest BCUT2D eigenvalue weighted by atomic mass is 9.95. The quantitative estimate of drug-likeness (QED) is 0.806. The van der Waals surface area contributed by atoms with Gasteiger partial charge >= 0.3 is 0 Å². The van der Waals surface area contributed by atoms with Gasteiger partial charge in [0, 0.05) is 12.5 Å². The Balaban J connectivity index is 2.45. The van der Waals surface area contributed by atoms with Crippen molar-refractivity contribution in [3.63, 3.8) is 0 Å². The third kappa shape index (κ3) is 3.67. The van der Waals surface area contributed by atoms with Gasteiger partial charge in [0.15, 0.2) is 17.2 Å². The molecule has 0 aliphatic heterocycles.